The molecule has 2 aromatic rings. The summed E-state index contributed by atoms with van der Waals surface area (Å²) in [6.45, 7) is 9.55. The zero-order valence-electron chi connectivity index (χ0n) is 18.6. The molecule has 0 aliphatic heterocycles. The summed E-state index contributed by atoms with van der Waals surface area (Å²) in [5, 5.41) is 2.97. The average molecular weight is 433 g/mol. The van der Waals surface area contributed by atoms with Crippen LogP contribution in [-0.2, 0) is 14.8 Å². The van der Waals surface area contributed by atoms with Gasteiger partial charge in [-0.1, -0.05) is 31.2 Å². The Morgan fingerprint density at radius 1 is 1.10 bits per heavy atom. The van der Waals surface area contributed by atoms with Gasteiger partial charge in [-0.25, -0.2) is 8.42 Å². The second-order valence-corrected chi connectivity index (χ2v) is 9.71. The number of aryl methyl sites for hydroxylation is 2. The smallest absolute Gasteiger partial charge is 0.241 e. The van der Waals surface area contributed by atoms with Crippen molar-refractivity contribution in [3.8, 4) is 5.75 Å². The SMILES string of the molecule is CC[C@@H](NC(=O)CN(c1cccc(OC(C)C)c1)S(C)(=O)=O)c1ccc(C)c(C)c1. The predicted octanol–water partition coefficient (Wildman–Crippen LogP) is 4.12. The van der Waals surface area contributed by atoms with E-state index in [4.69, 9.17) is 4.74 Å². The van der Waals surface area contributed by atoms with Crippen LogP contribution in [0, 0.1) is 13.8 Å². The van der Waals surface area contributed by atoms with Crippen LogP contribution in [0.4, 0.5) is 5.69 Å². The van der Waals surface area contributed by atoms with Crippen molar-refractivity contribution in [1.82, 2.24) is 5.32 Å². The number of hydrogen-bond acceptors (Lipinski definition) is 4. The molecule has 30 heavy (non-hydrogen) atoms. The highest BCUT2D eigenvalue weighted by atomic mass is 32.2. The van der Waals surface area contributed by atoms with Crippen LogP contribution in [0.15, 0.2) is 42.5 Å². The van der Waals surface area contributed by atoms with E-state index >= 15 is 0 Å². The summed E-state index contributed by atoms with van der Waals surface area (Å²) in [4.78, 5) is 12.8. The zero-order valence-corrected chi connectivity index (χ0v) is 19.4. The van der Waals surface area contributed by atoms with Crippen LogP contribution in [0.5, 0.6) is 5.75 Å². The van der Waals surface area contributed by atoms with E-state index in [0.717, 1.165) is 21.7 Å². The number of rotatable bonds is 9. The lowest BCUT2D eigenvalue weighted by molar-refractivity contribution is -0.120. The third-order valence-electron chi connectivity index (χ3n) is 4.84. The highest BCUT2D eigenvalue weighted by Crippen LogP contribution is 2.24. The molecule has 0 heterocycles. The number of ether oxygens (including phenoxy) is 1. The number of carbonyl (C=O) groups excluding carboxylic acids is 1. The minimum atomic E-state index is -3.66. The van der Waals surface area contributed by atoms with Crippen molar-refractivity contribution in [3.05, 3.63) is 59.2 Å². The van der Waals surface area contributed by atoms with E-state index in [1.54, 1.807) is 24.3 Å². The molecule has 7 heteroatoms. The van der Waals surface area contributed by atoms with E-state index in [1.807, 2.05) is 46.8 Å². The molecule has 0 bridgehead atoms. The van der Waals surface area contributed by atoms with Crippen molar-refractivity contribution in [1.29, 1.82) is 0 Å². The topological polar surface area (TPSA) is 75.7 Å². The predicted molar refractivity (Wildman–Crippen MR) is 121 cm³/mol. The van der Waals surface area contributed by atoms with Crippen LogP contribution in [0.25, 0.3) is 0 Å². The van der Waals surface area contributed by atoms with E-state index in [-0.39, 0.29) is 24.6 Å². The number of nitrogens with zero attached hydrogens (tertiary/aromatic N) is 1. The molecule has 1 amide bonds. The van der Waals surface area contributed by atoms with E-state index in [9.17, 15) is 13.2 Å². The fraction of sp³-hybridized carbons (Fsp3) is 0.435. The van der Waals surface area contributed by atoms with Gasteiger partial charge in [0.15, 0.2) is 0 Å². The Morgan fingerprint density at radius 2 is 1.80 bits per heavy atom. The number of amides is 1. The lowest BCUT2D eigenvalue weighted by Gasteiger charge is -2.25. The third kappa shape index (κ3) is 6.49. The van der Waals surface area contributed by atoms with Gasteiger partial charge in [-0.05, 0) is 62.9 Å². The first-order valence-corrected chi connectivity index (χ1v) is 12.0. The maximum atomic E-state index is 12.8. The molecule has 0 aliphatic rings. The fourth-order valence-corrected chi connectivity index (χ4v) is 4.01. The van der Waals surface area contributed by atoms with Crippen molar-refractivity contribution in [2.45, 2.75) is 53.2 Å². The molecule has 0 saturated heterocycles. The molecule has 0 spiro atoms. The summed E-state index contributed by atoms with van der Waals surface area (Å²) in [6, 6.07) is 12.7. The van der Waals surface area contributed by atoms with Gasteiger partial charge in [0.2, 0.25) is 15.9 Å². The van der Waals surface area contributed by atoms with Crippen molar-refractivity contribution in [2.75, 3.05) is 17.1 Å². The monoisotopic (exact) mass is 432 g/mol. The Bertz CT molecular complexity index is 986. The normalized spacial score (nSPS) is 12.5. The minimum Gasteiger partial charge on any atom is -0.491 e. The Hall–Kier alpha value is -2.54. The summed E-state index contributed by atoms with van der Waals surface area (Å²) >= 11 is 0. The maximum absolute atomic E-state index is 12.8. The molecule has 0 radical (unpaired) electrons. The minimum absolute atomic E-state index is 0.0430. The van der Waals surface area contributed by atoms with E-state index < -0.39 is 10.0 Å². The van der Waals surface area contributed by atoms with Gasteiger partial charge in [0.25, 0.3) is 0 Å². The summed E-state index contributed by atoms with van der Waals surface area (Å²) < 4.78 is 31.6. The number of nitrogens with one attached hydrogen (secondary N) is 1. The number of hydrogen-bond donors (Lipinski definition) is 1. The van der Waals surface area contributed by atoms with Gasteiger partial charge in [-0.3, -0.25) is 9.10 Å². The molecule has 2 aromatic carbocycles. The molecular formula is C23H32N2O4S. The number of sulfonamides is 1. The van der Waals surface area contributed by atoms with Gasteiger partial charge in [-0.2, -0.15) is 0 Å². The second kappa shape index (κ2) is 9.98. The van der Waals surface area contributed by atoms with Crippen molar-refractivity contribution in [2.24, 2.45) is 0 Å². The standard InChI is InChI=1S/C23H32N2O4S/c1-7-22(19-12-11-17(4)18(5)13-19)24-23(26)15-25(30(6,27)28)20-9-8-10-21(14-20)29-16(2)3/h8-14,16,22H,7,15H2,1-6H3,(H,24,26)/t22-/m1/s1. The molecule has 0 aliphatic carbocycles. The first-order valence-electron chi connectivity index (χ1n) is 10.1. The van der Waals surface area contributed by atoms with Gasteiger partial charge < -0.3 is 10.1 Å². The summed E-state index contributed by atoms with van der Waals surface area (Å²) in [5.74, 6) is 0.193. The number of anilines is 1. The highest BCUT2D eigenvalue weighted by molar-refractivity contribution is 7.92. The molecule has 0 aromatic heterocycles. The molecule has 2 rings (SSSR count). The zero-order chi connectivity index (χ0) is 22.5. The quantitative estimate of drug-likeness (QED) is 0.647. The van der Waals surface area contributed by atoms with Gasteiger partial charge in [0, 0.05) is 6.07 Å². The van der Waals surface area contributed by atoms with E-state index in [1.165, 1.54) is 5.56 Å². The van der Waals surface area contributed by atoms with Gasteiger partial charge >= 0.3 is 0 Å². The van der Waals surface area contributed by atoms with Gasteiger partial charge in [-0.15, -0.1) is 0 Å². The van der Waals surface area contributed by atoms with Crippen LogP contribution < -0.4 is 14.4 Å². The van der Waals surface area contributed by atoms with Crippen molar-refractivity contribution in [3.63, 3.8) is 0 Å². The van der Waals surface area contributed by atoms with Crippen molar-refractivity contribution < 1.29 is 17.9 Å². The average Bonchev–Trinajstić information content (AvgIpc) is 2.65. The largest absolute Gasteiger partial charge is 0.491 e. The first-order chi connectivity index (χ1) is 14.0. The third-order valence-corrected chi connectivity index (χ3v) is 5.98. The molecular weight excluding hydrogens is 400 g/mol. The Kier molecular flexibility index (Phi) is 7.89. The van der Waals surface area contributed by atoms with Crippen LogP contribution in [0.2, 0.25) is 0 Å². The van der Waals surface area contributed by atoms with E-state index in [0.29, 0.717) is 17.9 Å². The maximum Gasteiger partial charge on any atom is 0.241 e. The van der Waals surface area contributed by atoms with Crippen LogP contribution in [0.1, 0.15) is 49.9 Å². The Balaban J connectivity index is 2.22. The fourth-order valence-electron chi connectivity index (χ4n) is 3.16. The number of carbonyl (C=O) groups is 1. The lowest BCUT2D eigenvalue weighted by Crippen LogP contribution is -2.41. The van der Waals surface area contributed by atoms with Crippen LogP contribution in [-0.4, -0.2) is 33.2 Å². The lowest BCUT2D eigenvalue weighted by atomic mass is 9.99. The summed E-state index contributed by atoms with van der Waals surface area (Å²) in [6.07, 6.45) is 1.75. The Labute approximate surface area is 180 Å². The molecule has 0 unspecified atom stereocenters. The molecule has 0 fully saturated rings. The van der Waals surface area contributed by atoms with Gasteiger partial charge in [0.1, 0.15) is 12.3 Å². The first kappa shape index (κ1) is 23.7. The second-order valence-electron chi connectivity index (χ2n) is 7.81. The summed E-state index contributed by atoms with van der Waals surface area (Å²) in [5.41, 5.74) is 3.74. The Morgan fingerprint density at radius 3 is 2.37 bits per heavy atom. The van der Waals surface area contributed by atoms with E-state index in [2.05, 4.69) is 11.4 Å². The molecule has 1 atom stereocenters. The molecule has 6 nitrogen and oxygen atoms in total. The van der Waals surface area contributed by atoms with Crippen LogP contribution >= 0.6 is 0 Å². The summed E-state index contributed by atoms with van der Waals surface area (Å²) in [7, 11) is -3.66. The highest BCUT2D eigenvalue weighted by Gasteiger charge is 2.23. The molecule has 0 saturated carbocycles. The number of benzene rings is 2. The van der Waals surface area contributed by atoms with Gasteiger partial charge in [0.05, 0.1) is 24.1 Å². The molecule has 1 N–H and O–H groups in total. The molecule has 164 valence electrons. The van der Waals surface area contributed by atoms with Crippen molar-refractivity contribution >= 4 is 21.6 Å². The van der Waals surface area contributed by atoms with Crippen LogP contribution in [0.3, 0.4) is 0 Å².